The van der Waals surface area contributed by atoms with Crippen molar-refractivity contribution in [3.8, 4) is 22.6 Å². The number of fused-ring (bicyclic) bond motifs is 3. The van der Waals surface area contributed by atoms with Crippen molar-refractivity contribution in [1.29, 1.82) is 0 Å². The fourth-order valence-electron chi connectivity index (χ4n) is 6.68. The van der Waals surface area contributed by atoms with E-state index in [0.717, 1.165) is 61.5 Å². The van der Waals surface area contributed by atoms with Gasteiger partial charge in [-0.15, -0.1) is 0 Å². The molecule has 6 aromatic carbocycles. The van der Waals surface area contributed by atoms with Crippen LogP contribution < -0.4 is 14.4 Å². The predicted octanol–water partition coefficient (Wildman–Crippen LogP) is 9.97. The summed E-state index contributed by atoms with van der Waals surface area (Å²) in [5.74, 6) is 1.57. The van der Waals surface area contributed by atoms with Gasteiger partial charge < -0.3 is 18.9 Å². The van der Waals surface area contributed by atoms with Crippen LogP contribution in [0, 0.1) is 0 Å². The number of nitrogens with zero attached hydrogens (tertiary/aromatic N) is 2. The summed E-state index contributed by atoms with van der Waals surface area (Å²) in [5, 5.41) is 1.15. The first-order valence-corrected chi connectivity index (χ1v) is 17.6. The highest BCUT2D eigenvalue weighted by molar-refractivity contribution is 7.86. The Kier molecular flexibility index (Phi) is 8.82. The van der Waals surface area contributed by atoms with E-state index < -0.39 is 15.4 Å². The highest BCUT2D eigenvalue weighted by atomic mass is 32.2. The van der Waals surface area contributed by atoms with Crippen molar-refractivity contribution in [3.63, 3.8) is 0 Å². The minimum absolute atomic E-state index is 0.224. The molecule has 0 radical (unpaired) electrons. The van der Waals surface area contributed by atoms with E-state index in [9.17, 15) is 13.0 Å². The number of aromatic nitrogens is 1. The number of aryl methyl sites for hydroxylation is 1. The zero-order valence-electron chi connectivity index (χ0n) is 27.2. The fourth-order valence-corrected chi connectivity index (χ4v) is 7.59. The molecule has 0 spiro atoms. The summed E-state index contributed by atoms with van der Waals surface area (Å²) in [6, 6.07) is 47.8. The molecule has 7 aromatic rings. The standard InChI is InChI=1S/C41H36N2O5S/c1-47-34-23-19-32(20-24-34)43(33-21-25-35(48-2)26-22-33)31-17-15-29(16-18-31)36-12-8-14-39-41(36)37-11-6-7-13-38(37)42(39)28-27-40(49(44,45)46)30-9-4-3-5-10-30/h3-26,40H,27-28H2,1-2H3,(H,44,45,46). The van der Waals surface area contributed by atoms with Crippen molar-refractivity contribution in [2.24, 2.45) is 0 Å². The molecule has 0 aliphatic rings. The maximum Gasteiger partial charge on any atom is 0.272 e. The average molecular weight is 669 g/mol. The summed E-state index contributed by atoms with van der Waals surface area (Å²) < 4.78 is 48.2. The molecule has 1 unspecified atom stereocenters. The largest absolute Gasteiger partial charge is 0.497 e. The number of hydrogen-bond acceptors (Lipinski definition) is 5. The van der Waals surface area contributed by atoms with Gasteiger partial charge in [-0.3, -0.25) is 4.55 Å². The second-order valence-electron chi connectivity index (χ2n) is 11.8. The maximum absolute atomic E-state index is 12.5. The van der Waals surface area contributed by atoms with E-state index in [4.69, 9.17) is 9.47 Å². The van der Waals surface area contributed by atoms with E-state index >= 15 is 0 Å². The fraction of sp³-hybridized carbons (Fsp3) is 0.122. The van der Waals surface area contributed by atoms with Crippen molar-refractivity contribution in [2.75, 3.05) is 19.1 Å². The first kappa shape index (κ1) is 32.0. The van der Waals surface area contributed by atoms with Gasteiger partial charge in [0, 0.05) is 45.4 Å². The van der Waals surface area contributed by atoms with Gasteiger partial charge in [0.25, 0.3) is 10.1 Å². The lowest BCUT2D eigenvalue weighted by Gasteiger charge is -2.26. The van der Waals surface area contributed by atoms with Gasteiger partial charge in [0.1, 0.15) is 16.7 Å². The van der Waals surface area contributed by atoms with E-state index in [0.29, 0.717) is 12.1 Å². The van der Waals surface area contributed by atoms with Crippen LogP contribution in [-0.4, -0.2) is 31.8 Å². The molecule has 1 N–H and O–H groups in total. The molecule has 49 heavy (non-hydrogen) atoms. The second-order valence-corrected chi connectivity index (χ2v) is 13.4. The molecule has 7 rings (SSSR count). The van der Waals surface area contributed by atoms with Gasteiger partial charge in [-0.2, -0.15) is 8.42 Å². The first-order chi connectivity index (χ1) is 23.9. The number of ether oxygens (including phenoxy) is 2. The van der Waals surface area contributed by atoms with Gasteiger partial charge >= 0.3 is 0 Å². The molecule has 0 amide bonds. The molecular weight excluding hydrogens is 633 g/mol. The number of anilines is 3. The predicted molar refractivity (Wildman–Crippen MR) is 198 cm³/mol. The molecule has 0 aliphatic carbocycles. The molecule has 0 aliphatic heterocycles. The van der Waals surface area contributed by atoms with Crippen molar-refractivity contribution < 1.29 is 22.4 Å². The lowest BCUT2D eigenvalue weighted by molar-refractivity contribution is 0.415. The summed E-state index contributed by atoms with van der Waals surface area (Å²) in [6.45, 7) is 0.407. The van der Waals surface area contributed by atoms with E-state index in [1.165, 1.54) is 0 Å². The van der Waals surface area contributed by atoms with Gasteiger partial charge in [-0.25, -0.2) is 0 Å². The van der Waals surface area contributed by atoms with Gasteiger partial charge in [0.2, 0.25) is 0 Å². The van der Waals surface area contributed by atoms with E-state index in [2.05, 4.69) is 58.0 Å². The van der Waals surface area contributed by atoms with Gasteiger partial charge in [-0.05, 0) is 95.9 Å². The minimum Gasteiger partial charge on any atom is -0.497 e. The normalized spacial score (nSPS) is 12.2. The Morgan fingerprint density at radius 1 is 0.633 bits per heavy atom. The molecule has 8 heteroatoms. The third kappa shape index (κ3) is 6.36. The summed E-state index contributed by atoms with van der Waals surface area (Å²) in [7, 11) is -0.996. The van der Waals surface area contributed by atoms with Crippen LogP contribution in [0.5, 0.6) is 11.5 Å². The minimum atomic E-state index is -4.32. The smallest absolute Gasteiger partial charge is 0.272 e. The molecule has 0 fully saturated rings. The third-order valence-electron chi connectivity index (χ3n) is 9.04. The SMILES string of the molecule is COc1ccc(N(c2ccc(OC)cc2)c2ccc(-c3cccc4c3c3ccccc3n4CCC(c3ccccc3)S(=O)(=O)O)cc2)cc1. The molecule has 246 valence electrons. The first-order valence-electron chi connectivity index (χ1n) is 16.1. The number of rotatable bonds is 11. The molecular formula is C41H36N2O5S. The summed E-state index contributed by atoms with van der Waals surface area (Å²) in [5.41, 5.74) is 7.69. The molecule has 0 bridgehead atoms. The average Bonchev–Trinajstić information content (AvgIpc) is 3.46. The van der Waals surface area contributed by atoms with E-state index in [-0.39, 0.29) is 6.42 Å². The zero-order valence-corrected chi connectivity index (χ0v) is 28.0. The lowest BCUT2D eigenvalue weighted by atomic mass is 9.99. The van der Waals surface area contributed by atoms with Crippen LogP contribution in [0.25, 0.3) is 32.9 Å². The van der Waals surface area contributed by atoms with Crippen LogP contribution >= 0.6 is 0 Å². The Labute approximate surface area is 286 Å². The molecule has 1 heterocycles. The third-order valence-corrected chi connectivity index (χ3v) is 10.3. The Balaban J connectivity index is 1.28. The lowest BCUT2D eigenvalue weighted by Crippen LogP contribution is -2.15. The van der Waals surface area contributed by atoms with Crippen molar-refractivity contribution >= 4 is 49.0 Å². The van der Waals surface area contributed by atoms with Crippen molar-refractivity contribution in [3.05, 3.63) is 151 Å². The van der Waals surface area contributed by atoms with Crippen LogP contribution in [0.1, 0.15) is 17.2 Å². The van der Waals surface area contributed by atoms with Crippen LogP contribution in [-0.2, 0) is 16.7 Å². The summed E-state index contributed by atoms with van der Waals surface area (Å²) >= 11 is 0. The number of para-hydroxylation sites is 1. The van der Waals surface area contributed by atoms with Crippen molar-refractivity contribution in [1.82, 2.24) is 4.57 Å². The van der Waals surface area contributed by atoms with E-state index in [1.54, 1.807) is 38.5 Å². The Morgan fingerprint density at radius 3 is 1.73 bits per heavy atom. The number of methoxy groups -OCH3 is 2. The quantitative estimate of drug-likeness (QED) is 0.138. The summed E-state index contributed by atoms with van der Waals surface area (Å²) in [6.07, 6.45) is 0.224. The van der Waals surface area contributed by atoms with Gasteiger partial charge in [-0.1, -0.05) is 72.8 Å². The number of hydrogen-bond donors (Lipinski definition) is 1. The highest BCUT2D eigenvalue weighted by Crippen LogP contribution is 2.40. The molecule has 0 saturated heterocycles. The molecule has 1 atom stereocenters. The monoisotopic (exact) mass is 668 g/mol. The van der Waals surface area contributed by atoms with Crippen LogP contribution in [0.15, 0.2) is 146 Å². The second kappa shape index (κ2) is 13.5. The Morgan fingerprint density at radius 2 is 1.16 bits per heavy atom. The van der Waals surface area contributed by atoms with Gasteiger partial charge in [0.15, 0.2) is 0 Å². The van der Waals surface area contributed by atoms with Crippen LogP contribution in [0.2, 0.25) is 0 Å². The molecule has 1 aromatic heterocycles. The topological polar surface area (TPSA) is 81.0 Å². The molecule has 0 saturated carbocycles. The zero-order chi connectivity index (χ0) is 34.0. The number of benzene rings is 6. The van der Waals surface area contributed by atoms with Crippen LogP contribution in [0.4, 0.5) is 17.1 Å². The van der Waals surface area contributed by atoms with Crippen molar-refractivity contribution in [2.45, 2.75) is 18.2 Å². The highest BCUT2D eigenvalue weighted by Gasteiger charge is 2.26. The Hall–Kier alpha value is -5.57. The Bertz CT molecular complexity index is 2270. The van der Waals surface area contributed by atoms with Gasteiger partial charge in [0.05, 0.1) is 14.2 Å². The molecule has 7 nitrogen and oxygen atoms in total. The van der Waals surface area contributed by atoms with Crippen LogP contribution in [0.3, 0.4) is 0 Å². The maximum atomic E-state index is 12.5. The van der Waals surface area contributed by atoms with E-state index in [1.807, 2.05) is 72.8 Å². The summed E-state index contributed by atoms with van der Waals surface area (Å²) in [4.78, 5) is 2.19.